The highest BCUT2D eigenvalue weighted by atomic mass is 19.1. The monoisotopic (exact) mass is 559 g/mol. The number of hydrogen-bond donors (Lipinski definition) is 6. The van der Waals surface area contributed by atoms with Gasteiger partial charge >= 0.3 is 14.2 Å². The third-order valence-corrected chi connectivity index (χ3v) is 6.99. The van der Waals surface area contributed by atoms with Gasteiger partial charge in [0.05, 0.1) is 11.1 Å². The summed E-state index contributed by atoms with van der Waals surface area (Å²) in [5.41, 5.74) is -1.62. The number of nitrogens with zero attached hydrogens (tertiary/aromatic N) is 1. The van der Waals surface area contributed by atoms with Crippen molar-refractivity contribution in [1.29, 1.82) is 0 Å². The maximum Gasteiger partial charge on any atom is 0.491 e. The Morgan fingerprint density at radius 1 is 0.900 bits per heavy atom. The molecule has 0 spiro atoms. The maximum atomic E-state index is 15.0. The number of halogens is 2. The lowest BCUT2D eigenvalue weighted by atomic mass is 9.78. The Hall–Kier alpha value is -3.32. The van der Waals surface area contributed by atoms with Crippen molar-refractivity contribution in [3.63, 3.8) is 0 Å². The average molecular weight is 559 g/mol. The molecule has 0 radical (unpaired) electrons. The molecule has 214 valence electrons. The maximum absolute atomic E-state index is 15.0. The van der Waals surface area contributed by atoms with E-state index in [-0.39, 0.29) is 18.2 Å². The Bertz CT molecular complexity index is 1210. The molecule has 3 amide bonds. The summed E-state index contributed by atoms with van der Waals surface area (Å²) in [6.07, 6.45) is 3.05. The summed E-state index contributed by atoms with van der Waals surface area (Å²) in [4.78, 5) is 40.1. The second kappa shape index (κ2) is 14.4. The normalized spacial score (nSPS) is 16.7. The van der Waals surface area contributed by atoms with Crippen LogP contribution >= 0.6 is 0 Å². The molecule has 0 aliphatic heterocycles. The summed E-state index contributed by atoms with van der Waals surface area (Å²) in [5, 5.41) is 43.0. The van der Waals surface area contributed by atoms with Crippen LogP contribution in [0.5, 0.6) is 0 Å². The predicted octanol–water partition coefficient (Wildman–Crippen LogP) is -0.576. The van der Waals surface area contributed by atoms with Gasteiger partial charge in [0.25, 0.3) is 11.8 Å². The van der Waals surface area contributed by atoms with E-state index in [0.717, 1.165) is 25.0 Å². The van der Waals surface area contributed by atoms with E-state index in [9.17, 15) is 43.3 Å². The van der Waals surface area contributed by atoms with Crippen LogP contribution in [0.25, 0.3) is 0 Å². The topological polar surface area (TPSA) is 159 Å². The van der Waals surface area contributed by atoms with Crippen molar-refractivity contribution < 1.29 is 43.3 Å². The molecular formula is C26H33B2F2N3O7. The van der Waals surface area contributed by atoms with Crippen molar-refractivity contribution in [3.8, 4) is 0 Å². The minimum atomic E-state index is -2.12. The molecule has 0 saturated heterocycles. The molecule has 6 N–H and O–H groups in total. The van der Waals surface area contributed by atoms with Gasteiger partial charge in [0.1, 0.15) is 18.2 Å². The fraction of sp³-hybridized carbons (Fsp3) is 0.423. The number of amides is 3. The fourth-order valence-corrected chi connectivity index (χ4v) is 4.77. The second-order valence-electron chi connectivity index (χ2n) is 9.78. The molecule has 0 bridgehead atoms. The molecule has 3 rings (SSSR count). The van der Waals surface area contributed by atoms with Gasteiger partial charge in [-0.2, -0.15) is 0 Å². The van der Waals surface area contributed by atoms with Crippen LogP contribution in [0.3, 0.4) is 0 Å². The van der Waals surface area contributed by atoms with Crippen LogP contribution in [0.2, 0.25) is 0 Å². The molecule has 0 atom stereocenters. The first-order valence-corrected chi connectivity index (χ1v) is 13.2. The van der Waals surface area contributed by atoms with E-state index in [1.54, 1.807) is 0 Å². The number of carbonyl (C=O) groups is 3. The predicted molar refractivity (Wildman–Crippen MR) is 145 cm³/mol. The number of unbranched alkanes of at least 4 members (excludes halogenated alkanes) is 1. The third-order valence-electron chi connectivity index (χ3n) is 6.99. The Kier molecular flexibility index (Phi) is 11.2. The van der Waals surface area contributed by atoms with Gasteiger partial charge in [0.15, 0.2) is 0 Å². The zero-order valence-electron chi connectivity index (χ0n) is 22.1. The Morgan fingerprint density at radius 3 is 2.00 bits per heavy atom. The number of benzene rings is 2. The molecule has 1 aliphatic rings. The lowest BCUT2D eigenvalue weighted by molar-refractivity contribution is -0.122. The minimum absolute atomic E-state index is 0.336. The summed E-state index contributed by atoms with van der Waals surface area (Å²) in [6.45, 7) is 2.05. The van der Waals surface area contributed by atoms with Crippen LogP contribution in [-0.4, -0.2) is 82.1 Å². The molecule has 14 heteroatoms. The van der Waals surface area contributed by atoms with Crippen molar-refractivity contribution in [2.75, 3.05) is 13.1 Å². The summed E-state index contributed by atoms with van der Waals surface area (Å²) >= 11 is 0. The highest BCUT2D eigenvalue weighted by Gasteiger charge is 2.34. The number of nitrogens with one attached hydrogen (secondary N) is 2. The highest BCUT2D eigenvalue weighted by molar-refractivity contribution is 6.59. The summed E-state index contributed by atoms with van der Waals surface area (Å²) in [7, 11) is -4.19. The van der Waals surface area contributed by atoms with Crippen molar-refractivity contribution in [2.24, 2.45) is 0 Å². The molecule has 0 aromatic heterocycles. The Morgan fingerprint density at radius 2 is 1.45 bits per heavy atom. The van der Waals surface area contributed by atoms with Crippen molar-refractivity contribution >= 4 is 42.9 Å². The Labute approximate surface area is 231 Å². The van der Waals surface area contributed by atoms with E-state index in [4.69, 9.17) is 0 Å². The third kappa shape index (κ3) is 7.66. The number of carbonyl (C=O) groups excluding carboxylic acids is 3. The fourth-order valence-electron chi connectivity index (χ4n) is 4.77. The first-order chi connectivity index (χ1) is 19.0. The summed E-state index contributed by atoms with van der Waals surface area (Å²) in [6, 6.07) is 6.53. The SMILES string of the molecule is CCCCNC(=O)CN(C(=O)c1cccc(B(O)O)c1F)C1CCC(NC(=O)c2cccc(B(O)O)c2F)CC1. The van der Waals surface area contributed by atoms with Crippen LogP contribution in [0.15, 0.2) is 36.4 Å². The van der Waals surface area contributed by atoms with E-state index >= 15 is 0 Å². The van der Waals surface area contributed by atoms with Gasteiger partial charge in [-0.1, -0.05) is 37.6 Å². The summed E-state index contributed by atoms with van der Waals surface area (Å²) < 4.78 is 29.6. The molecule has 1 aliphatic carbocycles. The standard InChI is InChI=1S/C26H33B2F2N3O7/c1-2-3-14-31-22(34)15-33(26(36)19-7-5-9-21(24(19)30)28(39)40)17-12-10-16(11-13-17)32-25(35)18-6-4-8-20(23(18)29)27(37)38/h4-9,16-17,37-40H,2-3,10-15H2,1H3,(H,31,34)(H,32,35). The Balaban J connectivity index is 1.74. The lowest BCUT2D eigenvalue weighted by Gasteiger charge is -2.37. The van der Waals surface area contributed by atoms with Crippen LogP contribution in [0.1, 0.15) is 66.2 Å². The van der Waals surface area contributed by atoms with Crippen LogP contribution in [0.4, 0.5) is 8.78 Å². The first kappa shape index (κ1) is 31.2. The van der Waals surface area contributed by atoms with Crippen molar-refractivity contribution in [3.05, 3.63) is 59.2 Å². The van der Waals surface area contributed by atoms with E-state index in [1.165, 1.54) is 29.2 Å². The summed E-state index contributed by atoms with van der Waals surface area (Å²) in [5.74, 6) is -4.05. The van der Waals surface area contributed by atoms with Gasteiger partial charge < -0.3 is 35.6 Å². The molecule has 0 heterocycles. The first-order valence-electron chi connectivity index (χ1n) is 13.2. The zero-order chi connectivity index (χ0) is 29.4. The highest BCUT2D eigenvalue weighted by Crippen LogP contribution is 2.25. The largest absolute Gasteiger partial charge is 0.491 e. The van der Waals surface area contributed by atoms with E-state index in [1.807, 2.05) is 6.92 Å². The van der Waals surface area contributed by atoms with Crippen LogP contribution in [0, 0.1) is 11.6 Å². The molecule has 10 nitrogen and oxygen atoms in total. The molecule has 1 fully saturated rings. The lowest BCUT2D eigenvalue weighted by Crippen LogP contribution is -2.50. The molecular weight excluding hydrogens is 526 g/mol. The van der Waals surface area contributed by atoms with Crippen molar-refractivity contribution in [1.82, 2.24) is 15.5 Å². The van der Waals surface area contributed by atoms with Crippen LogP contribution < -0.4 is 21.6 Å². The molecule has 40 heavy (non-hydrogen) atoms. The minimum Gasteiger partial charge on any atom is -0.423 e. The number of rotatable bonds is 11. The zero-order valence-corrected chi connectivity index (χ0v) is 22.1. The second-order valence-corrected chi connectivity index (χ2v) is 9.78. The van der Waals surface area contributed by atoms with E-state index < -0.39 is 66.1 Å². The van der Waals surface area contributed by atoms with E-state index in [0.29, 0.717) is 32.2 Å². The smallest absolute Gasteiger partial charge is 0.423 e. The van der Waals surface area contributed by atoms with Gasteiger partial charge in [0, 0.05) is 29.6 Å². The molecule has 2 aromatic carbocycles. The quantitative estimate of drug-likeness (QED) is 0.159. The van der Waals surface area contributed by atoms with Crippen LogP contribution in [-0.2, 0) is 4.79 Å². The van der Waals surface area contributed by atoms with Gasteiger partial charge in [0.2, 0.25) is 5.91 Å². The van der Waals surface area contributed by atoms with Gasteiger partial charge in [-0.05, 0) is 44.2 Å². The average Bonchev–Trinajstić information content (AvgIpc) is 2.92. The molecule has 2 aromatic rings. The molecule has 0 unspecified atom stereocenters. The van der Waals surface area contributed by atoms with E-state index in [2.05, 4.69) is 10.6 Å². The van der Waals surface area contributed by atoms with Gasteiger partial charge in [-0.25, -0.2) is 8.78 Å². The molecule has 1 saturated carbocycles. The number of hydrogen-bond acceptors (Lipinski definition) is 7. The van der Waals surface area contributed by atoms with Gasteiger partial charge in [-0.3, -0.25) is 14.4 Å². The van der Waals surface area contributed by atoms with Gasteiger partial charge in [-0.15, -0.1) is 0 Å². The van der Waals surface area contributed by atoms with Crippen molar-refractivity contribution in [2.45, 2.75) is 57.5 Å².